The zero-order valence-corrected chi connectivity index (χ0v) is 16.1. The van der Waals surface area contributed by atoms with Crippen LogP contribution in [0, 0.1) is 0 Å². The molecule has 0 spiro atoms. The van der Waals surface area contributed by atoms with Crippen LogP contribution in [0.2, 0.25) is 0 Å². The van der Waals surface area contributed by atoms with Gasteiger partial charge in [-0.15, -0.1) is 0 Å². The van der Waals surface area contributed by atoms with Gasteiger partial charge in [0.25, 0.3) is 5.19 Å². The Balaban J connectivity index is 1.19. The number of nitrogens with zero attached hydrogens (tertiary/aromatic N) is 4. The number of ether oxygens (including phenoxy) is 1. The number of benzene rings is 2. The van der Waals surface area contributed by atoms with Crippen molar-refractivity contribution in [3.63, 3.8) is 0 Å². The van der Waals surface area contributed by atoms with Crippen LogP contribution in [0.15, 0.2) is 54.9 Å². The minimum absolute atomic E-state index is 0.110. The molecule has 0 saturated carbocycles. The minimum atomic E-state index is 0.110. The number of carbonyl (C=O) groups is 1. The molecule has 1 aliphatic heterocycles. The van der Waals surface area contributed by atoms with E-state index in [9.17, 15) is 4.79 Å². The molecule has 6 nitrogen and oxygen atoms in total. The summed E-state index contributed by atoms with van der Waals surface area (Å²) in [7, 11) is 0. The Bertz CT molecular complexity index is 1090. The Kier molecular flexibility index (Phi) is 4.44. The molecule has 2 aromatic heterocycles. The number of hydrogen-bond acceptors (Lipinski definition) is 5. The van der Waals surface area contributed by atoms with E-state index in [-0.39, 0.29) is 12.0 Å². The number of amides is 1. The highest BCUT2D eigenvalue weighted by Gasteiger charge is 2.25. The largest absolute Gasteiger partial charge is 0.467 e. The maximum Gasteiger partial charge on any atom is 0.274 e. The Morgan fingerprint density at radius 3 is 2.64 bits per heavy atom. The fraction of sp³-hybridized carbons (Fsp3) is 0.286. The van der Waals surface area contributed by atoms with Gasteiger partial charge in [-0.1, -0.05) is 35.6 Å². The van der Waals surface area contributed by atoms with Crippen LogP contribution in [0.5, 0.6) is 5.19 Å². The first-order valence-electron chi connectivity index (χ1n) is 9.46. The monoisotopic (exact) mass is 392 g/mol. The van der Waals surface area contributed by atoms with E-state index in [1.165, 1.54) is 0 Å². The summed E-state index contributed by atoms with van der Waals surface area (Å²) in [5, 5.41) is 0.718. The second-order valence-electron chi connectivity index (χ2n) is 7.01. The van der Waals surface area contributed by atoms with E-state index in [1.807, 2.05) is 51.9 Å². The number of rotatable bonds is 4. The molecule has 3 heterocycles. The van der Waals surface area contributed by atoms with Gasteiger partial charge in [-0.3, -0.25) is 4.79 Å². The summed E-state index contributed by atoms with van der Waals surface area (Å²) < 4.78 is 9.14. The summed E-state index contributed by atoms with van der Waals surface area (Å²) in [4.78, 5) is 23.5. The second-order valence-corrected chi connectivity index (χ2v) is 8.00. The van der Waals surface area contributed by atoms with Crippen LogP contribution >= 0.6 is 11.3 Å². The van der Waals surface area contributed by atoms with Crippen molar-refractivity contribution in [2.24, 2.45) is 0 Å². The highest BCUT2D eigenvalue weighted by molar-refractivity contribution is 7.20. The molecular formula is C21H20N4O2S. The van der Waals surface area contributed by atoms with Gasteiger partial charge in [0.1, 0.15) is 12.6 Å². The van der Waals surface area contributed by atoms with E-state index in [1.54, 1.807) is 17.7 Å². The first-order valence-corrected chi connectivity index (χ1v) is 10.3. The average Bonchev–Trinajstić information content (AvgIpc) is 3.32. The predicted octanol–water partition coefficient (Wildman–Crippen LogP) is 3.72. The molecule has 1 aliphatic rings. The summed E-state index contributed by atoms with van der Waals surface area (Å²) in [6.07, 6.45) is 3.50. The lowest BCUT2D eigenvalue weighted by Crippen LogP contribution is -2.43. The van der Waals surface area contributed by atoms with Gasteiger partial charge >= 0.3 is 0 Å². The highest BCUT2D eigenvalue weighted by Crippen LogP contribution is 2.29. The van der Waals surface area contributed by atoms with Gasteiger partial charge in [0, 0.05) is 25.9 Å². The van der Waals surface area contributed by atoms with Crippen molar-refractivity contribution in [2.75, 3.05) is 13.1 Å². The van der Waals surface area contributed by atoms with Crippen molar-refractivity contribution in [3.05, 3.63) is 54.9 Å². The van der Waals surface area contributed by atoms with Gasteiger partial charge in [0.15, 0.2) is 0 Å². The molecule has 0 aliphatic carbocycles. The molecule has 28 heavy (non-hydrogen) atoms. The molecule has 2 aromatic carbocycles. The summed E-state index contributed by atoms with van der Waals surface area (Å²) >= 11 is 1.58. The molecule has 0 atom stereocenters. The molecule has 1 saturated heterocycles. The fourth-order valence-electron chi connectivity index (χ4n) is 3.65. The predicted molar refractivity (Wildman–Crippen MR) is 110 cm³/mol. The lowest BCUT2D eigenvalue weighted by atomic mass is 10.1. The number of aromatic nitrogens is 3. The number of thiazole rings is 1. The zero-order chi connectivity index (χ0) is 18.9. The van der Waals surface area contributed by atoms with Gasteiger partial charge in [0.2, 0.25) is 5.91 Å². The molecule has 1 fully saturated rings. The van der Waals surface area contributed by atoms with Crippen LogP contribution in [0.1, 0.15) is 12.8 Å². The molecule has 142 valence electrons. The van der Waals surface area contributed by atoms with E-state index in [2.05, 4.69) is 16.0 Å². The van der Waals surface area contributed by atoms with Gasteiger partial charge in [0.05, 0.1) is 27.6 Å². The van der Waals surface area contributed by atoms with Gasteiger partial charge in [-0.2, -0.15) is 0 Å². The van der Waals surface area contributed by atoms with Crippen LogP contribution in [0.4, 0.5) is 0 Å². The summed E-state index contributed by atoms with van der Waals surface area (Å²) in [5.41, 5.74) is 2.88. The maximum absolute atomic E-state index is 12.7. The summed E-state index contributed by atoms with van der Waals surface area (Å²) in [5.74, 6) is 0.126. The number of piperidine rings is 1. The van der Waals surface area contributed by atoms with Crippen molar-refractivity contribution < 1.29 is 9.53 Å². The third-order valence-electron chi connectivity index (χ3n) is 5.17. The first-order chi connectivity index (χ1) is 13.8. The van der Waals surface area contributed by atoms with Crippen molar-refractivity contribution in [1.29, 1.82) is 0 Å². The van der Waals surface area contributed by atoms with Crippen LogP contribution < -0.4 is 4.74 Å². The van der Waals surface area contributed by atoms with Crippen molar-refractivity contribution >= 4 is 38.5 Å². The van der Waals surface area contributed by atoms with Crippen LogP contribution in [-0.2, 0) is 11.3 Å². The Morgan fingerprint density at radius 2 is 1.82 bits per heavy atom. The second kappa shape index (κ2) is 7.24. The van der Waals surface area contributed by atoms with Gasteiger partial charge in [-0.05, 0) is 24.3 Å². The fourth-order valence-corrected chi connectivity index (χ4v) is 4.53. The molecule has 7 heteroatoms. The maximum atomic E-state index is 12.7. The number of hydrogen-bond donors (Lipinski definition) is 0. The van der Waals surface area contributed by atoms with Crippen molar-refractivity contribution in [2.45, 2.75) is 25.5 Å². The number of para-hydroxylation sites is 3. The summed E-state index contributed by atoms with van der Waals surface area (Å²) in [6, 6.07) is 15.9. The standard InChI is InChI=1S/C21H20N4O2S/c26-20(13-25-14-22-16-5-1-3-7-18(16)25)24-11-9-15(10-12-24)27-21-23-17-6-2-4-8-19(17)28-21/h1-8,14-15H,9-13H2. The molecular weight excluding hydrogens is 372 g/mol. The third-order valence-corrected chi connectivity index (χ3v) is 6.10. The van der Waals surface area contributed by atoms with Crippen LogP contribution in [0.25, 0.3) is 21.3 Å². The first kappa shape index (κ1) is 17.2. The lowest BCUT2D eigenvalue weighted by Gasteiger charge is -2.31. The number of likely N-dealkylation sites (tertiary alicyclic amines) is 1. The average molecular weight is 392 g/mol. The number of fused-ring (bicyclic) bond motifs is 2. The Morgan fingerprint density at radius 1 is 1.07 bits per heavy atom. The molecule has 0 unspecified atom stereocenters. The SMILES string of the molecule is O=C(Cn1cnc2ccccc21)N1CCC(Oc2nc3ccccc3s2)CC1. The molecule has 0 radical (unpaired) electrons. The van der Waals surface area contributed by atoms with E-state index in [0.717, 1.165) is 39.3 Å². The third kappa shape index (κ3) is 3.33. The molecule has 0 bridgehead atoms. The Hall–Kier alpha value is -2.93. The van der Waals surface area contributed by atoms with E-state index in [4.69, 9.17) is 4.74 Å². The molecule has 4 aromatic rings. The smallest absolute Gasteiger partial charge is 0.274 e. The number of carbonyl (C=O) groups excluding carboxylic acids is 1. The van der Waals surface area contributed by atoms with Crippen molar-refractivity contribution in [3.8, 4) is 5.19 Å². The lowest BCUT2D eigenvalue weighted by molar-refractivity contribution is -0.133. The van der Waals surface area contributed by atoms with Gasteiger partial charge in [-0.25, -0.2) is 9.97 Å². The highest BCUT2D eigenvalue weighted by atomic mass is 32.1. The van der Waals surface area contributed by atoms with E-state index >= 15 is 0 Å². The molecule has 5 rings (SSSR count). The van der Waals surface area contributed by atoms with E-state index < -0.39 is 0 Å². The zero-order valence-electron chi connectivity index (χ0n) is 15.3. The molecule has 1 amide bonds. The minimum Gasteiger partial charge on any atom is -0.467 e. The topological polar surface area (TPSA) is 60.2 Å². The Labute approximate surface area is 166 Å². The molecule has 0 N–H and O–H groups in total. The van der Waals surface area contributed by atoms with E-state index in [0.29, 0.717) is 19.6 Å². The quantitative estimate of drug-likeness (QED) is 0.531. The number of imidazole rings is 1. The normalized spacial score (nSPS) is 15.4. The van der Waals surface area contributed by atoms with Crippen LogP contribution in [0.3, 0.4) is 0 Å². The summed E-state index contributed by atoms with van der Waals surface area (Å²) in [6.45, 7) is 1.74. The van der Waals surface area contributed by atoms with Crippen molar-refractivity contribution in [1.82, 2.24) is 19.4 Å². The van der Waals surface area contributed by atoms with Gasteiger partial charge < -0.3 is 14.2 Å². The van der Waals surface area contributed by atoms with Crippen LogP contribution in [-0.4, -0.2) is 44.5 Å².